The van der Waals surface area contributed by atoms with Crippen molar-refractivity contribution in [1.82, 2.24) is 9.88 Å². The average Bonchev–Trinajstić information content (AvgIpc) is 3.02. The van der Waals surface area contributed by atoms with Gasteiger partial charge in [0.1, 0.15) is 11.6 Å². The van der Waals surface area contributed by atoms with Crippen molar-refractivity contribution in [2.24, 2.45) is 0 Å². The van der Waals surface area contributed by atoms with Crippen LogP contribution in [0.25, 0.3) is 0 Å². The Morgan fingerprint density at radius 3 is 2.50 bits per heavy atom. The maximum atomic E-state index is 12.4. The van der Waals surface area contributed by atoms with Gasteiger partial charge in [-0.05, 0) is 68.7 Å². The molecule has 1 saturated heterocycles. The highest BCUT2D eigenvalue weighted by atomic mass is 19.4. The number of aromatic nitrogens is 1. The van der Waals surface area contributed by atoms with Crippen molar-refractivity contribution >= 4 is 11.5 Å². The van der Waals surface area contributed by atoms with Gasteiger partial charge in [-0.2, -0.15) is 0 Å². The Hall–Kier alpha value is -2.48. The molecule has 5 nitrogen and oxygen atoms in total. The number of hydrogen-bond donors (Lipinski definition) is 1. The molecule has 1 aromatic carbocycles. The fourth-order valence-corrected chi connectivity index (χ4v) is 4.64. The molecule has 0 spiro atoms. The van der Waals surface area contributed by atoms with Crippen molar-refractivity contribution in [1.29, 1.82) is 0 Å². The van der Waals surface area contributed by atoms with E-state index in [0.29, 0.717) is 12.7 Å². The summed E-state index contributed by atoms with van der Waals surface area (Å²) in [7, 11) is 0. The number of rotatable bonds is 6. The summed E-state index contributed by atoms with van der Waals surface area (Å²) in [5, 5.41) is 3.59. The zero-order chi connectivity index (χ0) is 22.8. The highest BCUT2D eigenvalue weighted by molar-refractivity contribution is 5.50. The van der Waals surface area contributed by atoms with E-state index in [1.807, 2.05) is 12.3 Å². The van der Waals surface area contributed by atoms with Crippen LogP contribution in [0.2, 0.25) is 0 Å². The molecule has 2 aromatic rings. The van der Waals surface area contributed by atoms with Crippen LogP contribution in [-0.2, 0) is 6.54 Å². The van der Waals surface area contributed by atoms with E-state index in [0.717, 1.165) is 24.6 Å². The van der Waals surface area contributed by atoms with Crippen LogP contribution < -0.4 is 15.0 Å². The fraction of sp³-hybridized carbons (Fsp3) is 0.542. The van der Waals surface area contributed by atoms with Crippen molar-refractivity contribution in [3.63, 3.8) is 0 Å². The van der Waals surface area contributed by atoms with E-state index in [1.165, 1.54) is 49.8 Å². The minimum Gasteiger partial charge on any atom is -0.406 e. The third-order valence-electron chi connectivity index (χ3n) is 6.37. The van der Waals surface area contributed by atoms with Crippen LogP contribution in [0.1, 0.15) is 51.5 Å². The molecule has 1 aromatic heterocycles. The van der Waals surface area contributed by atoms with E-state index in [1.54, 1.807) is 12.1 Å². The predicted octanol–water partition coefficient (Wildman–Crippen LogP) is 5.78. The highest BCUT2D eigenvalue weighted by Gasteiger charge is 2.37. The molecule has 0 unspecified atom stereocenters. The number of ether oxygens (including phenoxy) is 1. The molecule has 0 atom stereocenters. The first kappa shape index (κ1) is 22.7. The normalized spacial score (nSPS) is 19.8. The van der Waals surface area contributed by atoms with Gasteiger partial charge in [0, 0.05) is 36.6 Å². The van der Waals surface area contributed by atoms with E-state index < -0.39 is 6.36 Å². The molecule has 1 N–H and O–H groups in total. The van der Waals surface area contributed by atoms with Gasteiger partial charge in [0.25, 0.3) is 0 Å². The first-order valence-corrected chi connectivity index (χ1v) is 11.3. The van der Waals surface area contributed by atoms with Crippen molar-refractivity contribution in [2.45, 2.75) is 70.4 Å². The van der Waals surface area contributed by atoms with E-state index in [2.05, 4.69) is 44.8 Å². The van der Waals surface area contributed by atoms with Gasteiger partial charge in [-0.1, -0.05) is 19.3 Å². The van der Waals surface area contributed by atoms with Crippen molar-refractivity contribution < 1.29 is 17.9 Å². The zero-order valence-corrected chi connectivity index (χ0v) is 18.7. The summed E-state index contributed by atoms with van der Waals surface area (Å²) in [6.07, 6.45) is 3.46. The Bertz CT molecular complexity index is 895. The second-order valence-corrected chi connectivity index (χ2v) is 9.42. The lowest BCUT2D eigenvalue weighted by molar-refractivity contribution is -0.274. The van der Waals surface area contributed by atoms with Crippen molar-refractivity contribution in [3.05, 3.63) is 48.2 Å². The molecule has 2 heterocycles. The SMILES string of the molecule is CC1(C)CN(c2ccc(OC(F)(F)F)cc2)CN1Cc1ccnc(NC2CCCCC2)c1. The lowest BCUT2D eigenvalue weighted by Gasteiger charge is -2.29. The number of nitrogens with one attached hydrogen (secondary N) is 1. The quantitative estimate of drug-likeness (QED) is 0.606. The second kappa shape index (κ2) is 9.17. The molecule has 1 aliphatic carbocycles. The Labute approximate surface area is 187 Å². The van der Waals surface area contributed by atoms with Crippen LogP contribution in [0.4, 0.5) is 24.7 Å². The summed E-state index contributed by atoms with van der Waals surface area (Å²) >= 11 is 0. The number of nitrogens with zero attached hydrogens (tertiary/aromatic N) is 3. The highest BCUT2D eigenvalue weighted by Crippen LogP contribution is 2.32. The van der Waals surface area contributed by atoms with Gasteiger partial charge in [-0.3, -0.25) is 4.90 Å². The molecular weight excluding hydrogens is 417 g/mol. The zero-order valence-electron chi connectivity index (χ0n) is 18.7. The van der Waals surface area contributed by atoms with Crippen LogP contribution in [0.15, 0.2) is 42.6 Å². The van der Waals surface area contributed by atoms with E-state index in [9.17, 15) is 13.2 Å². The van der Waals surface area contributed by atoms with E-state index >= 15 is 0 Å². The first-order chi connectivity index (χ1) is 15.2. The maximum absolute atomic E-state index is 12.4. The number of halogens is 3. The molecule has 1 aliphatic heterocycles. The van der Waals surface area contributed by atoms with Crippen LogP contribution in [-0.4, -0.2) is 41.0 Å². The van der Waals surface area contributed by atoms with Crippen LogP contribution in [0, 0.1) is 0 Å². The van der Waals surface area contributed by atoms with Gasteiger partial charge in [-0.15, -0.1) is 13.2 Å². The lowest BCUT2D eigenvalue weighted by Crippen LogP contribution is -2.39. The van der Waals surface area contributed by atoms with Gasteiger partial charge in [0.05, 0.1) is 6.67 Å². The number of pyridine rings is 1. The third kappa shape index (κ3) is 5.85. The molecule has 1 saturated carbocycles. The predicted molar refractivity (Wildman–Crippen MR) is 120 cm³/mol. The van der Waals surface area contributed by atoms with Gasteiger partial charge >= 0.3 is 6.36 Å². The summed E-state index contributed by atoms with van der Waals surface area (Å²) in [5.41, 5.74) is 1.99. The molecular formula is C24H31F3N4O. The Morgan fingerprint density at radius 2 is 1.81 bits per heavy atom. The average molecular weight is 449 g/mol. The van der Waals surface area contributed by atoms with Crippen LogP contribution in [0.5, 0.6) is 5.75 Å². The largest absolute Gasteiger partial charge is 0.573 e. The molecule has 2 fully saturated rings. The summed E-state index contributed by atoms with van der Waals surface area (Å²) in [4.78, 5) is 9.07. The molecule has 0 amide bonds. The standard InChI is InChI=1S/C24H31F3N4O/c1-23(2)16-30(20-8-10-21(11-9-20)32-24(25,26)27)17-31(23)15-18-12-13-28-22(14-18)29-19-6-4-3-5-7-19/h8-14,19H,3-7,15-17H2,1-2H3,(H,28,29). The molecule has 4 rings (SSSR count). The lowest BCUT2D eigenvalue weighted by atomic mass is 9.95. The van der Waals surface area contributed by atoms with Crippen LogP contribution in [0.3, 0.4) is 0 Å². The van der Waals surface area contributed by atoms with Crippen molar-refractivity contribution in [2.75, 3.05) is 23.4 Å². The van der Waals surface area contributed by atoms with Gasteiger partial charge in [0.15, 0.2) is 0 Å². The molecule has 2 aliphatic rings. The first-order valence-electron chi connectivity index (χ1n) is 11.3. The summed E-state index contributed by atoms with van der Waals surface area (Å²) < 4.78 is 41.2. The molecule has 8 heteroatoms. The Balaban J connectivity index is 1.40. The minimum atomic E-state index is -4.68. The molecule has 0 bridgehead atoms. The smallest absolute Gasteiger partial charge is 0.406 e. The Morgan fingerprint density at radius 1 is 1.09 bits per heavy atom. The van der Waals surface area contributed by atoms with Crippen molar-refractivity contribution in [3.8, 4) is 5.75 Å². The minimum absolute atomic E-state index is 0.0820. The van der Waals surface area contributed by atoms with Gasteiger partial charge in [-0.25, -0.2) is 4.98 Å². The number of hydrogen-bond acceptors (Lipinski definition) is 5. The number of benzene rings is 1. The summed E-state index contributed by atoms with van der Waals surface area (Å²) in [6.45, 7) is 6.64. The van der Waals surface area contributed by atoms with E-state index in [4.69, 9.17) is 0 Å². The van der Waals surface area contributed by atoms with Crippen LogP contribution >= 0.6 is 0 Å². The molecule has 32 heavy (non-hydrogen) atoms. The van der Waals surface area contributed by atoms with E-state index in [-0.39, 0.29) is 11.3 Å². The summed E-state index contributed by atoms with van der Waals surface area (Å²) in [6, 6.07) is 10.8. The third-order valence-corrected chi connectivity index (χ3v) is 6.37. The molecule has 174 valence electrons. The summed E-state index contributed by atoms with van der Waals surface area (Å²) in [5.74, 6) is 0.731. The maximum Gasteiger partial charge on any atom is 0.573 e. The van der Waals surface area contributed by atoms with Gasteiger partial charge < -0.3 is 15.0 Å². The topological polar surface area (TPSA) is 40.6 Å². The fourth-order valence-electron chi connectivity index (χ4n) is 4.64. The molecule has 0 radical (unpaired) electrons. The second-order valence-electron chi connectivity index (χ2n) is 9.42. The number of anilines is 2. The Kier molecular flexibility index (Phi) is 6.51. The monoisotopic (exact) mass is 448 g/mol. The van der Waals surface area contributed by atoms with Gasteiger partial charge in [0.2, 0.25) is 0 Å². The number of alkyl halides is 3.